The lowest BCUT2D eigenvalue weighted by Crippen LogP contribution is -2.38. The fraction of sp³-hybridized carbons (Fsp3) is 0.474. The van der Waals surface area contributed by atoms with E-state index in [0.717, 1.165) is 12.8 Å². The molecule has 2 rings (SSSR count). The van der Waals surface area contributed by atoms with E-state index in [1.54, 1.807) is 0 Å². The lowest BCUT2D eigenvalue weighted by atomic mass is 9.80. The Morgan fingerprint density at radius 2 is 1.80 bits per heavy atom. The molecule has 0 spiro atoms. The average Bonchev–Trinajstić information content (AvgIpc) is 2.75. The highest BCUT2D eigenvalue weighted by atomic mass is 15.1. The fourth-order valence-electron chi connectivity index (χ4n) is 3.79. The first-order valence-electron chi connectivity index (χ1n) is 7.76. The number of hydrogen-bond acceptors (Lipinski definition) is 0. The Balaban J connectivity index is 2.91. The predicted molar refractivity (Wildman–Crippen MR) is 90.2 cm³/mol. The molecule has 0 radical (unpaired) electrons. The summed E-state index contributed by atoms with van der Waals surface area (Å²) in [5.74, 6) is 0.589. The van der Waals surface area contributed by atoms with Gasteiger partial charge in [-0.1, -0.05) is 52.5 Å². The van der Waals surface area contributed by atoms with Gasteiger partial charge in [0, 0.05) is 22.1 Å². The van der Waals surface area contributed by atoms with Gasteiger partial charge >= 0.3 is 0 Å². The summed E-state index contributed by atoms with van der Waals surface area (Å²) in [7, 11) is 0. The van der Waals surface area contributed by atoms with Crippen molar-refractivity contribution in [2.24, 2.45) is 5.92 Å². The maximum atomic E-state index is 4.07. The highest BCUT2D eigenvalue weighted by Gasteiger charge is 2.34. The highest BCUT2D eigenvalue weighted by Crippen LogP contribution is 2.40. The van der Waals surface area contributed by atoms with E-state index in [4.69, 9.17) is 0 Å². The molecule has 0 fully saturated rings. The summed E-state index contributed by atoms with van der Waals surface area (Å²) in [5, 5.41) is 1.36. The summed E-state index contributed by atoms with van der Waals surface area (Å²) in [6.45, 7) is 15.6. The van der Waals surface area contributed by atoms with Gasteiger partial charge in [-0.2, -0.15) is 0 Å². The van der Waals surface area contributed by atoms with Crippen molar-refractivity contribution >= 4 is 17.0 Å². The normalized spacial score (nSPS) is 12.3. The van der Waals surface area contributed by atoms with Gasteiger partial charge in [-0.25, -0.2) is 0 Å². The molecular weight excluding hydrogens is 242 g/mol. The van der Waals surface area contributed by atoms with E-state index in [1.807, 2.05) is 6.08 Å². The van der Waals surface area contributed by atoms with Crippen molar-refractivity contribution in [2.75, 3.05) is 0 Å². The first-order chi connectivity index (χ1) is 9.53. The summed E-state index contributed by atoms with van der Waals surface area (Å²) >= 11 is 0. The fourth-order valence-corrected chi connectivity index (χ4v) is 3.79. The molecule has 0 aliphatic carbocycles. The van der Waals surface area contributed by atoms with Crippen molar-refractivity contribution in [1.82, 2.24) is 4.57 Å². The smallest absolute Gasteiger partial charge is 0.0493 e. The first kappa shape index (κ1) is 14.9. The van der Waals surface area contributed by atoms with E-state index in [-0.39, 0.29) is 5.54 Å². The lowest BCUT2D eigenvalue weighted by molar-refractivity contribution is 0.182. The maximum Gasteiger partial charge on any atom is 0.0493 e. The standard InChI is InChI=1S/C19H27N/c1-7-17-15(6)16-12-10-11-13-18(16)20(17)19(8-2,9-3)14(4)5/h7,10-14H,1,8-9H2,2-6H3. The van der Waals surface area contributed by atoms with Gasteiger partial charge in [0.15, 0.2) is 0 Å². The number of para-hydroxylation sites is 1. The molecule has 0 N–H and O–H groups in total. The van der Waals surface area contributed by atoms with Crippen LogP contribution in [0.15, 0.2) is 30.8 Å². The van der Waals surface area contributed by atoms with Crippen LogP contribution in [-0.2, 0) is 5.54 Å². The molecule has 0 saturated carbocycles. The molecule has 1 aromatic carbocycles. The zero-order valence-corrected chi connectivity index (χ0v) is 13.5. The molecule has 1 nitrogen and oxygen atoms in total. The molecule has 0 amide bonds. The Bertz CT molecular complexity index is 612. The van der Waals surface area contributed by atoms with E-state index in [1.165, 1.54) is 22.2 Å². The summed E-state index contributed by atoms with van der Waals surface area (Å²) in [6.07, 6.45) is 4.30. The van der Waals surface area contributed by atoms with Crippen molar-refractivity contribution in [1.29, 1.82) is 0 Å². The van der Waals surface area contributed by atoms with Crippen LogP contribution >= 0.6 is 0 Å². The molecule has 0 saturated heterocycles. The van der Waals surface area contributed by atoms with Gasteiger partial charge in [0.1, 0.15) is 0 Å². The third-order valence-electron chi connectivity index (χ3n) is 5.11. The van der Waals surface area contributed by atoms with Crippen molar-refractivity contribution in [3.05, 3.63) is 42.1 Å². The lowest BCUT2D eigenvalue weighted by Gasteiger charge is -2.40. The van der Waals surface area contributed by atoms with Crippen LogP contribution in [0, 0.1) is 12.8 Å². The van der Waals surface area contributed by atoms with Crippen LogP contribution in [0.3, 0.4) is 0 Å². The second kappa shape index (κ2) is 5.47. The Kier molecular flexibility index (Phi) is 4.08. The Morgan fingerprint density at radius 1 is 1.20 bits per heavy atom. The van der Waals surface area contributed by atoms with Gasteiger partial charge in [-0.3, -0.25) is 0 Å². The Morgan fingerprint density at radius 3 is 2.30 bits per heavy atom. The van der Waals surface area contributed by atoms with Crippen LogP contribution in [0.4, 0.5) is 0 Å². The number of rotatable bonds is 5. The van der Waals surface area contributed by atoms with E-state index >= 15 is 0 Å². The molecule has 0 atom stereocenters. The van der Waals surface area contributed by atoms with Crippen LogP contribution in [0.2, 0.25) is 0 Å². The van der Waals surface area contributed by atoms with Crippen LogP contribution < -0.4 is 0 Å². The second-order valence-electron chi connectivity index (χ2n) is 6.03. The Hall–Kier alpha value is -1.50. The summed E-state index contributed by atoms with van der Waals surface area (Å²) in [4.78, 5) is 0. The zero-order valence-electron chi connectivity index (χ0n) is 13.5. The van der Waals surface area contributed by atoms with Crippen molar-refractivity contribution in [3.63, 3.8) is 0 Å². The quantitative estimate of drug-likeness (QED) is 0.650. The molecule has 0 bridgehead atoms. The summed E-state index contributed by atoms with van der Waals surface area (Å²) in [5.41, 5.74) is 4.14. The van der Waals surface area contributed by atoms with Crippen LogP contribution in [0.5, 0.6) is 0 Å². The molecule has 1 heterocycles. The van der Waals surface area contributed by atoms with Gasteiger partial charge in [-0.05, 0) is 43.4 Å². The van der Waals surface area contributed by atoms with Gasteiger partial charge < -0.3 is 4.57 Å². The van der Waals surface area contributed by atoms with E-state index < -0.39 is 0 Å². The maximum absolute atomic E-state index is 4.07. The molecule has 0 aliphatic rings. The minimum absolute atomic E-state index is 0.164. The van der Waals surface area contributed by atoms with Crippen molar-refractivity contribution in [3.8, 4) is 0 Å². The number of hydrogen-bond donors (Lipinski definition) is 0. The van der Waals surface area contributed by atoms with Crippen molar-refractivity contribution in [2.45, 2.75) is 53.0 Å². The molecule has 108 valence electrons. The van der Waals surface area contributed by atoms with E-state index in [2.05, 4.69) is 70.0 Å². The average molecular weight is 269 g/mol. The van der Waals surface area contributed by atoms with Gasteiger partial charge in [0.05, 0.1) is 0 Å². The van der Waals surface area contributed by atoms with Crippen LogP contribution in [-0.4, -0.2) is 4.57 Å². The van der Waals surface area contributed by atoms with Gasteiger partial charge in [-0.15, -0.1) is 0 Å². The third-order valence-corrected chi connectivity index (χ3v) is 5.11. The predicted octanol–water partition coefficient (Wildman–Crippen LogP) is 5.76. The molecule has 1 heteroatoms. The number of benzene rings is 1. The monoisotopic (exact) mass is 269 g/mol. The molecule has 2 aromatic rings. The molecule has 1 aromatic heterocycles. The highest BCUT2D eigenvalue weighted by molar-refractivity contribution is 5.88. The van der Waals surface area contributed by atoms with Gasteiger partial charge in [0.2, 0.25) is 0 Å². The molecule has 20 heavy (non-hydrogen) atoms. The van der Waals surface area contributed by atoms with Gasteiger partial charge in [0.25, 0.3) is 0 Å². The molecular formula is C19H27N. The summed E-state index contributed by atoms with van der Waals surface area (Å²) < 4.78 is 2.55. The third kappa shape index (κ3) is 1.91. The SMILES string of the molecule is C=Cc1c(C)c2ccccc2n1C(CC)(CC)C(C)C. The minimum Gasteiger partial charge on any atom is -0.334 e. The van der Waals surface area contributed by atoms with Crippen LogP contribution in [0.1, 0.15) is 51.8 Å². The molecule has 0 unspecified atom stereocenters. The van der Waals surface area contributed by atoms with E-state index in [9.17, 15) is 0 Å². The number of aromatic nitrogens is 1. The number of fused-ring (bicyclic) bond motifs is 1. The minimum atomic E-state index is 0.164. The zero-order chi connectivity index (χ0) is 14.9. The largest absolute Gasteiger partial charge is 0.334 e. The number of nitrogens with zero attached hydrogens (tertiary/aromatic N) is 1. The first-order valence-corrected chi connectivity index (χ1v) is 7.76. The Labute approximate surface area is 123 Å². The topological polar surface area (TPSA) is 4.93 Å². The van der Waals surface area contributed by atoms with E-state index in [0.29, 0.717) is 5.92 Å². The number of aryl methyl sites for hydroxylation is 1. The van der Waals surface area contributed by atoms with Crippen LogP contribution in [0.25, 0.3) is 17.0 Å². The molecule has 0 aliphatic heterocycles. The van der Waals surface area contributed by atoms with Crippen molar-refractivity contribution < 1.29 is 0 Å². The second-order valence-corrected chi connectivity index (χ2v) is 6.03. The summed E-state index contributed by atoms with van der Waals surface area (Å²) in [6, 6.07) is 8.74.